The number of amides is 2. The smallest absolute Gasteiger partial charge is 0.303 e. The van der Waals surface area contributed by atoms with Crippen molar-refractivity contribution in [3.05, 3.63) is 68.7 Å². The summed E-state index contributed by atoms with van der Waals surface area (Å²) in [5.74, 6) is -0.521. The van der Waals surface area contributed by atoms with Crippen molar-refractivity contribution in [3.63, 3.8) is 0 Å². The molecule has 0 N–H and O–H groups in total. The van der Waals surface area contributed by atoms with Crippen LogP contribution in [0.15, 0.2) is 41.3 Å². The van der Waals surface area contributed by atoms with E-state index in [-0.39, 0.29) is 28.6 Å². The molecule has 0 unspecified atom stereocenters. The number of imide groups is 1. The van der Waals surface area contributed by atoms with E-state index >= 15 is 0 Å². The van der Waals surface area contributed by atoms with Crippen LogP contribution in [0.5, 0.6) is 0 Å². The molecule has 12 heteroatoms. The van der Waals surface area contributed by atoms with Crippen LogP contribution >= 0.6 is 23.4 Å². The lowest BCUT2D eigenvalue weighted by molar-refractivity contribution is -0.138. The minimum absolute atomic E-state index is 0.00510. The number of likely N-dealkylation sites (tertiary alicyclic amines) is 1. The first-order valence-electron chi connectivity index (χ1n) is 11.8. The van der Waals surface area contributed by atoms with E-state index in [9.17, 15) is 27.2 Å². The highest BCUT2D eigenvalue weighted by molar-refractivity contribution is 8.18. The number of alkyl halides is 4. The number of carbonyl (C=O) groups is 2. The Morgan fingerprint density at radius 3 is 2.66 bits per heavy atom. The molecule has 200 valence electrons. The van der Waals surface area contributed by atoms with Crippen LogP contribution in [-0.2, 0) is 17.5 Å². The van der Waals surface area contributed by atoms with E-state index in [0.29, 0.717) is 35.1 Å². The van der Waals surface area contributed by atoms with E-state index in [1.807, 2.05) is 4.90 Å². The third-order valence-electron chi connectivity index (χ3n) is 6.82. The van der Waals surface area contributed by atoms with Crippen LogP contribution in [0.25, 0.3) is 17.0 Å². The van der Waals surface area contributed by atoms with Gasteiger partial charge in [0.1, 0.15) is 6.17 Å². The van der Waals surface area contributed by atoms with E-state index in [0.717, 1.165) is 22.7 Å². The van der Waals surface area contributed by atoms with Crippen LogP contribution in [0.2, 0.25) is 5.02 Å². The predicted octanol–water partition coefficient (Wildman–Crippen LogP) is 6.14. The number of aryl methyl sites for hydroxylation is 1. The van der Waals surface area contributed by atoms with Gasteiger partial charge in [0.25, 0.3) is 11.1 Å². The summed E-state index contributed by atoms with van der Waals surface area (Å²) in [6.45, 7) is 2.37. The Labute approximate surface area is 225 Å². The molecule has 0 bridgehead atoms. The van der Waals surface area contributed by atoms with Gasteiger partial charge < -0.3 is 4.90 Å². The zero-order valence-electron chi connectivity index (χ0n) is 20.4. The maximum absolute atomic E-state index is 14.6. The van der Waals surface area contributed by atoms with Gasteiger partial charge in [0.15, 0.2) is 0 Å². The van der Waals surface area contributed by atoms with Crippen molar-refractivity contribution >= 4 is 51.5 Å². The second kappa shape index (κ2) is 10.0. The molecule has 0 spiro atoms. The minimum Gasteiger partial charge on any atom is -0.303 e. The molecule has 5 rings (SSSR count). The lowest BCUT2D eigenvalue weighted by Gasteiger charge is -2.36. The Bertz CT molecular complexity index is 1470. The van der Waals surface area contributed by atoms with Gasteiger partial charge in [0.2, 0.25) is 0 Å². The van der Waals surface area contributed by atoms with Crippen LogP contribution in [0.3, 0.4) is 0 Å². The molecule has 2 aliphatic heterocycles. The fourth-order valence-electron chi connectivity index (χ4n) is 4.93. The number of thioether (sulfide) groups is 1. The first kappa shape index (κ1) is 26.7. The summed E-state index contributed by atoms with van der Waals surface area (Å²) in [6.07, 6.45) is -3.93. The topological polar surface area (TPSA) is 58.4 Å². The molecule has 38 heavy (non-hydrogen) atoms. The average Bonchev–Trinajstić information content (AvgIpc) is 3.29. The number of halogens is 5. The summed E-state index contributed by atoms with van der Waals surface area (Å²) in [4.78, 5) is 28.7. The SMILES string of the molecule is Cc1nn(Cc2ccc(Cl)cc2C(F)(F)F)c2ccc(/C=C3\SC(=O)N([C@@H]4CCN(C)C[C@H]4F)C3=O)cc12. The number of hydrogen-bond donors (Lipinski definition) is 0. The van der Waals surface area contributed by atoms with Crippen molar-refractivity contribution in [1.82, 2.24) is 19.6 Å². The van der Waals surface area contributed by atoms with Crippen molar-refractivity contribution < 1.29 is 27.2 Å². The lowest BCUT2D eigenvalue weighted by Crippen LogP contribution is -2.52. The number of fused-ring (bicyclic) bond motifs is 1. The van der Waals surface area contributed by atoms with Gasteiger partial charge in [0, 0.05) is 23.5 Å². The quantitative estimate of drug-likeness (QED) is 0.280. The summed E-state index contributed by atoms with van der Waals surface area (Å²) in [7, 11) is 1.79. The molecule has 6 nitrogen and oxygen atoms in total. The zero-order chi connectivity index (χ0) is 27.4. The molecule has 3 heterocycles. The van der Waals surface area contributed by atoms with Gasteiger partial charge in [0.05, 0.1) is 34.3 Å². The minimum atomic E-state index is -4.57. The van der Waals surface area contributed by atoms with Crippen molar-refractivity contribution in [2.75, 3.05) is 20.1 Å². The van der Waals surface area contributed by atoms with Crippen molar-refractivity contribution in [2.45, 2.75) is 38.3 Å². The number of benzene rings is 2. The van der Waals surface area contributed by atoms with Crippen molar-refractivity contribution in [3.8, 4) is 0 Å². The molecule has 2 aliphatic rings. The zero-order valence-corrected chi connectivity index (χ0v) is 22.0. The Kier molecular flexibility index (Phi) is 7.04. The van der Waals surface area contributed by atoms with Gasteiger partial charge in [-0.25, -0.2) is 4.39 Å². The highest BCUT2D eigenvalue weighted by atomic mass is 35.5. The lowest BCUT2D eigenvalue weighted by atomic mass is 10.0. The van der Waals surface area contributed by atoms with Gasteiger partial charge in [-0.15, -0.1) is 0 Å². The molecule has 1 aromatic heterocycles. The molecule has 3 aromatic rings. The summed E-state index contributed by atoms with van der Waals surface area (Å²) in [5.41, 5.74) is 1.04. The van der Waals surface area contributed by atoms with Crippen LogP contribution in [-0.4, -0.2) is 63.1 Å². The number of rotatable bonds is 4. The third-order valence-corrected chi connectivity index (χ3v) is 7.94. The highest BCUT2D eigenvalue weighted by Gasteiger charge is 2.44. The number of piperidine rings is 1. The Hall–Kier alpha value is -2.89. The van der Waals surface area contributed by atoms with Crippen LogP contribution in [0, 0.1) is 6.92 Å². The van der Waals surface area contributed by atoms with E-state index < -0.39 is 35.1 Å². The van der Waals surface area contributed by atoms with Crippen LogP contribution < -0.4 is 0 Å². The van der Waals surface area contributed by atoms with Gasteiger partial charge in [-0.2, -0.15) is 18.3 Å². The van der Waals surface area contributed by atoms with Gasteiger partial charge >= 0.3 is 6.18 Å². The maximum atomic E-state index is 14.6. The summed E-state index contributed by atoms with van der Waals surface area (Å²) in [5, 5.41) is 4.63. The summed E-state index contributed by atoms with van der Waals surface area (Å²) in [6, 6.07) is 8.04. The van der Waals surface area contributed by atoms with E-state index in [1.165, 1.54) is 16.8 Å². The molecule has 2 amide bonds. The number of carbonyl (C=O) groups excluding carboxylic acids is 2. The Balaban J connectivity index is 1.42. The second-order valence-corrected chi connectivity index (χ2v) is 10.9. The van der Waals surface area contributed by atoms with E-state index in [4.69, 9.17) is 11.6 Å². The summed E-state index contributed by atoms with van der Waals surface area (Å²) >= 11 is 6.57. The number of hydrogen-bond acceptors (Lipinski definition) is 5. The van der Waals surface area contributed by atoms with Crippen LogP contribution in [0.1, 0.15) is 28.8 Å². The molecule has 2 saturated heterocycles. The molecule has 2 fully saturated rings. The standard InChI is InChI=1S/C26H23ClF4N4O2S/c1-14-18-9-15(10-23-24(36)35(25(37)38-23)22-7-8-33(2)13-20(22)28)3-6-21(18)34(32-14)12-16-4-5-17(27)11-19(16)26(29,30)31/h3-6,9-11,20,22H,7-8,12-13H2,1-2H3/b23-10-/t20-,22-/m1/s1. The molecule has 0 aliphatic carbocycles. The highest BCUT2D eigenvalue weighted by Crippen LogP contribution is 2.37. The first-order chi connectivity index (χ1) is 17.9. The van der Waals surface area contributed by atoms with Crippen LogP contribution in [0.4, 0.5) is 22.4 Å². The summed E-state index contributed by atoms with van der Waals surface area (Å²) < 4.78 is 56.8. The molecule has 0 saturated carbocycles. The van der Waals surface area contributed by atoms with Gasteiger partial charge in [-0.1, -0.05) is 23.7 Å². The number of nitrogens with zero attached hydrogens (tertiary/aromatic N) is 4. The molecule has 0 radical (unpaired) electrons. The van der Waals surface area contributed by atoms with Crippen molar-refractivity contribution in [1.29, 1.82) is 0 Å². The predicted molar refractivity (Wildman–Crippen MR) is 139 cm³/mol. The van der Waals surface area contributed by atoms with E-state index in [2.05, 4.69) is 5.10 Å². The Morgan fingerprint density at radius 1 is 1.18 bits per heavy atom. The molecule has 2 atom stereocenters. The van der Waals surface area contributed by atoms with E-state index in [1.54, 1.807) is 38.2 Å². The first-order valence-corrected chi connectivity index (χ1v) is 13.0. The third kappa shape index (κ3) is 5.06. The average molecular weight is 567 g/mol. The van der Waals surface area contributed by atoms with Crippen molar-refractivity contribution in [2.24, 2.45) is 0 Å². The fourth-order valence-corrected chi connectivity index (χ4v) is 5.99. The largest absolute Gasteiger partial charge is 0.416 e. The molecule has 2 aromatic carbocycles. The molecular formula is C26H23ClF4N4O2S. The second-order valence-electron chi connectivity index (χ2n) is 9.50. The fraction of sp³-hybridized carbons (Fsp3) is 0.346. The van der Waals surface area contributed by atoms with Gasteiger partial charge in [-0.3, -0.25) is 19.2 Å². The van der Waals surface area contributed by atoms with Gasteiger partial charge in [-0.05, 0) is 73.6 Å². The molecular weight excluding hydrogens is 544 g/mol. The number of aromatic nitrogens is 2. The Morgan fingerprint density at radius 2 is 1.95 bits per heavy atom. The maximum Gasteiger partial charge on any atom is 0.416 e. The monoisotopic (exact) mass is 566 g/mol. The normalized spacial score (nSPS) is 22.3.